The lowest BCUT2D eigenvalue weighted by atomic mass is 10.1. The van der Waals surface area contributed by atoms with E-state index in [1.165, 1.54) is 10.6 Å². The van der Waals surface area contributed by atoms with E-state index in [-0.39, 0.29) is 16.3 Å². The number of aromatic nitrogens is 1. The van der Waals surface area contributed by atoms with Gasteiger partial charge < -0.3 is 19.4 Å². The van der Waals surface area contributed by atoms with Crippen LogP contribution in [0.3, 0.4) is 0 Å². The molecule has 0 radical (unpaired) electrons. The summed E-state index contributed by atoms with van der Waals surface area (Å²) in [4.78, 5) is 25.8. The number of nitrogens with one attached hydrogen (secondary N) is 1. The van der Waals surface area contributed by atoms with Crippen LogP contribution in [0.1, 0.15) is 22.4 Å². The average Bonchev–Trinajstić information content (AvgIpc) is 2.78. The van der Waals surface area contributed by atoms with Crippen molar-refractivity contribution < 1.29 is 22.7 Å². The van der Waals surface area contributed by atoms with E-state index in [2.05, 4.69) is 5.32 Å². The van der Waals surface area contributed by atoms with E-state index in [4.69, 9.17) is 9.47 Å². The van der Waals surface area contributed by atoms with Gasteiger partial charge in [0.2, 0.25) is 15.7 Å². The summed E-state index contributed by atoms with van der Waals surface area (Å²) >= 11 is 0. The van der Waals surface area contributed by atoms with E-state index >= 15 is 0 Å². The number of nitrogens with zero attached hydrogens (tertiary/aromatic N) is 1. The Kier molecular flexibility index (Phi) is 6.22. The van der Waals surface area contributed by atoms with Gasteiger partial charge in [0, 0.05) is 17.4 Å². The number of benzene rings is 2. The lowest BCUT2D eigenvalue weighted by molar-refractivity contribution is -0.116. The molecule has 1 amide bonds. The first-order valence-corrected chi connectivity index (χ1v) is 12.3. The molecule has 3 aromatic rings. The summed E-state index contributed by atoms with van der Waals surface area (Å²) < 4.78 is 38.9. The third-order valence-electron chi connectivity index (χ3n) is 5.83. The molecule has 0 spiro atoms. The van der Waals surface area contributed by atoms with Gasteiger partial charge in [-0.1, -0.05) is 6.07 Å². The van der Waals surface area contributed by atoms with Crippen molar-refractivity contribution in [1.29, 1.82) is 0 Å². The predicted octanol–water partition coefficient (Wildman–Crippen LogP) is 3.32. The molecule has 1 aliphatic heterocycles. The number of ether oxygens (including phenoxy) is 2. The molecule has 4 rings (SSSR count). The molecule has 2 aromatic carbocycles. The highest BCUT2D eigenvalue weighted by molar-refractivity contribution is 7.91. The van der Waals surface area contributed by atoms with E-state index in [0.717, 1.165) is 11.1 Å². The number of amides is 1. The zero-order chi connectivity index (χ0) is 24.6. The van der Waals surface area contributed by atoms with E-state index in [9.17, 15) is 18.0 Å². The SMILES string of the molecule is Cc1ccc(S(=O)(=O)c2c(C)cc(C)n(CC(=O)Nc3ccc4c(c3)OCCO4)c2=O)cc1C. The predicted molar refractivity (Wildman–Crippen MR) is 128 cm³/mol. The van der Waals surface area contributed by atoms with Crippen molar-refractivity contribution in [1.82, 2.24) is 4.57 Å². The number of hydrogen-bond donors (Lipinski definition) is 1. The summed E-state index contributed by atoms with van der Waals surface area (Å²) in [5, 5.41) is 2.73. The molecule has 9 heteroatoms. The Bertz CT molecular complexity index is 1460. The summed E-state index contributed by atoms with van der Waals surface area (Å²) in [5.41, 5.74) is 2.34. The molecule has 1 aromatic heterocycles. The minimum Gasteiger partial charge on any atom is -0.486 e. The van der Waals surface area contributed by atoms with Gasteiger partial charge in [-0.15, -0.1) is 0 Å². The van der Waals surface area contributed by atoms with E-state index < -0.39 is 21.3 Å². The summed E-state index contributed by atoms with van der Waals surface area (Å²) in [6.07, 6.45) is 0. The van der Waals surface area contributed by atoms with E-state index in [1.807, 2.05) is 13.8 Å². The quantitative estimate of drug-likeness (QED) is 0.598. The second kappa shape index (κ2) is 8.98. The second-order valence-corrected chi connectivity index (χ2v) is 10.2. The first kappa shape index (κ1) is 23.6. The number of aryl methyl sites for hydroxylation is 4. The van der Waals surface area contributed by atoms with Gasteiger partial charge in [-0.3, -0.25) is 9.59 Å². The number of pyridine rings is 1. The fourth-order valence-electron chi connectivity index (χ4n) is 3.90. The zero-order valence-electron chi connectivity index (χ0n) is 19.5. The highest BCUT2D eigenvalue weighted by Crippen LogP contribution is 2.32. The fourth-order valence-corrected chi connectivity index (χ4v) is 5.53. The molecular formula is C25H26N2O6S. The van der Waals surface area contributed by atoms with E-state index in [1.54, 1.807) is 50.2 Å². The molecule has 0 aliphatic carbocycles. The zero-order valence-corrected chi connectivity index (χ0v) is 20.3. The molecule has 178 valence electrons. The molecule has 0 bridgehead atoms. The Labute approximate surface area is 198 Å². The van der Waals surface area contributed by atoms with Crippen molar-refractivity contribution in [2.24, 2.45) is 0 Å². The largest absolute Gasteiger partial charge is 0.486 e. The normalized spacial score (nSPS) is 12.9. The van der Waals surface area contributed by atoms with Crippen LogP contribution in [0.4, 0.5) is 5.69 Å². The molecule has 2 heterocycles. The number of hydrogen-bond acceptors (Lipinski definition) is 6. The van der Waals surface area contributed by atoms with Crippen LogP contribution in [0.25, 0.3) is 0 Å². The highest BCUT2D eigenvalue weighted by atomic mass is 32.2. The highest BCUT2D eigenvalue weighted by Gasteiger charge is 2.26. The van der Waals surface area contributed by atoms with Crippen LogP contribution in [0, 0.1) is 27.7 Å². The van der Waals surface area contributed by atoms with Gasteiger partial charge in [-0.25, -0.2) is 8.42 Å². The van der Waals surface area contributed by atoms with Crippen molar-refractivity contribution in [3.05, 3.63) is 75.2 Å². The molecule has 0 atom stereocenters. The molecule has 0 saturated heterocycles. The van der Waals surface area contributed by atoms with Crippen LogP contribution in [0.2, 0.25) is 0 Å². The Morgan fingerprint density at radius 3 is 2.32 bits per heavy atom. The summed E-state index contributed by atoms with van der Waals surface area (Å²) in [6, 6.07) is 11.4. The standard InChI is InChI=1S/C25H26N2O6S/c1-15-5-7-20(12-16(15)2)34(30,31)24-17(3)11-18(4)27(25(24)29)14-23(28)26-19-6-8-21-22(13-19)33-10-9-32-21/h5-8,11-13H,9-10,14H2,1-4H3,(H,26,28). The minimum absolute atomic E-state index is 0.0481. The lowest BCUT2D eigenvalue weighted by Gasteiger charge is -2.19. The summed E-state index contributed by atoms with van der Waals surface area (Å²) in [6.45, 7) is 7.49. The molecule has 1 N–H and O–H groups in total. The van der Waals surface area contributed by atoms with Crippen molar-refractivity contribution >= 4 is 21.4 Å². The van der Waals surface area contributed by atoms with Gasteiger partial charge in [0.15, 0.2) is 11.5 Å². The van der Waals surface area contributed by atoms with Crippen LogP contribution >= 0.6 is 0 Å². The number of fused-ring (bicyclic) bond motifs is 1. The van der Waals surface area contributed by atoms with Gasteiger partial charge in [-0.2, -0.15) is 0 Å². The molecule has 0 fully saturated rings. The Balaban J connectivity index is 1.65. The van der Waals surface area contributed by atoms with Crippen LogP contribution in [-0.4, -0.2) is 32.1 Å². The minimum atomic E-state index is -4.08. The monoisotopic (exact) mass is 482 g/mol. The first-order chi connectivity index (χ1) is 16.1. The van der Waals surface area contributed by atoms with Gasteiger partial charge in [-0.05, 0) is 74.7 Å². The average molecular weight is 483 g/mol. The number of carbonyl (C=O) groups excluding carboxylic acids is 1. The number of anilines is 1. The van der Waals surface area contributed by atoms with Gasteiger partial charge >= 0.3 is 0 Å². The van der Waals surface area contributed by atoms with Crippen molar-refractivity contribution in [2.75, 3.05) is 18.5 Å². The smallest absolute Gasteiger partial charge is 0.270 e. The Morgan fingerprint density at radius 2 is 1.62 bits per heavy atom. The maximum Gasteiger partial charge on any atom is 0.270 e. The van der Waals surface area contributed by atoms with Crippen LogP contribution in [0.15, 0.2) is 57.1 Å². The third kappa shape index (κ3) is 4.43. The number of carbonyl (C=O) groups is 1. The summed E-state index contributed by atoms with van der Waals surface area (Å²) in [5.74, 6) is 0.644. The molecule has 0 saturated carbocycles. The van der Waals surface area contributed by atoms with Gasteiger partial charge in [0.05, 0.1) is 4.90 Å². The van der Waals surface area contributed by atoms with Crippen molar-refractivity contribution in [3.8, 4) is 11.5 Å². The third-order valence-corrected chi connectivity index (χ3v) is 7.74. The number of sulfone groups is 1. The Hall–Kier alpha value is -3.59. The Morgan fingerprint density at radius 1 is 0.912 bits per heavy atom. The van der Waals surface area contributed by atoms with Crippen molar-refractivity contribution in [3.63, 3.8) is 0 Å². The fraction of sp³-hybridized carbons (Fsp3) is 0.280. The van der Waals surface area contributed by atoms with Crippen LogP contribution in [0.5, 0.6) is 11.5 Å². The summed E-state index contributed by atoms with van der Waals surface area (Å²) in [7, 11) is -4.08. The molecule has 0 unspecified atom stereocenters. The van der Waals surface area contributed by atoms with Gasteiger partial charge in [0.25, 0.3) is 5.56 Å². The lowest BCUT2D eigenvalue weighted by Crippen LogP contribution is -2.33. The van der Waals surface area contributed by atoms with Crippen LogP contribution in [-0.2, 0) is 21.2 Å². The van der Waals surface area contributed by atoms with Crippen LogP contribution < -0.4 is 20.3 Å². The van der Waals surface area contributed by atoms with Crippen molar-refractivity contribution in [2.45, 2.75) is 44.0 Å². The second-order valence-electron chi connectivity index (χ2n) is 8.35. The number of rotatable bonds is 5. The van der Waals surface area contributed by atoms with E-state index in [0.29, 0.717) is 41.7 Å². The molecular weight excluding hydrogens is 456 g/mol. The maximum atomic E-state index is 13.4. The molecule has 1 aliphatic rings. The topological polar surface area (TPSA) is 104 Å². The molecule has 8 nitrogen and oxygen atoms in total. The maximum absolute atomic E-state index is 13.4. The van der Waals surface area contributed by atoms with Gasteiger partial charge in [0.1, 0.15) is 24.7 Å². The first-order valence-electron chi connectivity index (χ1n) is 10.8. The molecule has 34 heavy (non-hydrogen) atoms.